The molecule has 0 amide bonds. The fourth-order valence-electron chi connectivity index (χ4n) is 1.77. The molecule has 8 heteroatoms. The molecule has 3 N–H and O–H groups in total. The van der Waals surface area contributed by atoms with E-state index in [4.69, 9.17) is 10.5 Å². The molecule has 0 aromatic heterocycles. The van der Waals surface area contributed by atoms with Crippen LogP contribution in [0.3, 0.4) is 0 Å². The summed E-state index contributed by atoms with van der Waals surface area (Å²) in [5, 5.41) is 2.91. The summed E-state index contributed by atoms with van der Waals surface area (Å²) in [5.74, 6) is 0.0635. The molecule has 0 saturated carbocycles. The molecule has 132 valence electrons. The maximum Gasteiger partial charge on any atom is 0.419 e. The predicted octanol–water partition coefficient (Wildman–Crippen LogP) is 3.79. The minimum atomic E-state index is -4.45. The lowest BCUT2D eigenvalue weighted by atomic mass is 10.2. The number of nitrogens with zero attached hydrogens (tertiary/aromatic N) is 1. The monoisotopic (exact) mass is 445 g/mol. The largest absolute Gasteiger partial charge is 0.488 e. The summed E-state index contributed by atoms with van der Waals surface area (Å²) < 4.78 is 44.2. The number of alkyl halides is 3. The first-order valence-corrected chi connectivity index (χ1v) is 7.13. The molecule has 1 rings (SSSR count). The number of para-hydroxylation sites is 1. The standard InChI is InChI=1S/C15H22F3N3O.HI/c1-4-11(9-20-14(19)21-10(2)3)22-13-8-6-5-7-12(13)15(16,17)18;/h5-8,10-11H,4,9H2,1-3H3,(H3,19,20,21);1H. The maximum atomic E-state index is 12.9. The fraction of sp³-hybridized carbons (Fsp3) is 0.533. The van der Waals surface area contributed by atoms with Crippen LogP contribution in [-0.2, 0) is 6.18 Å². The van der Waals surface area contributed by atoms with Gasteiger partial charge in [0.25, 0.3) is 0 Å². The molecular weight excluding hydrogens is 422 g/mol. The molecule has 0 aliphatic heterocycles. The van der Waals surface area contributed by atoms with Gasteiger partial charge in [-0.3, -0.25) is 0 Å². The minimum Gasteiger partial charge on any atom is -0.488 e. The number of benzene rings is 1. The lowest BCUT2D eigenvalue weighted by Crippen LogP contribution is -2.37. The minimum absolute atomic E-state index is 0. The highest BCUT2D eigenvalue weighted by Gasteiger charge is 2.34. The van der Waals surface area contributed by atoms with Gasteiger partial charge in [0.05, 0.1) is 12.1 Å². The van der Waals surface area contributed by atoms with Gasteiger partial charge in [-0.2, -0.15) is 13.2 Å². The number of halogens is 4. The van der Waals surface area contributed by atoms with Gasteiger partial charge in [0.1, 0.15) is 11.9 Å². The highest BCUT2D eigenvalue weighted by Crippen LogP contribution is 2.36. The van der Waals surface area contributed by atoms with Crippen molar-refractivity contribution in [2.45, 2.75) is 45.5 Å². The molecule has 0 aliphatic rings. The normalized spacial score (nSPS) is 13.4. The molecule has 0 saturated heterocycles. The number of aliphatic imine (C=N–C) groups is 1. The predicted molar refractivity (Wildman–Crippen MR) is 96.3 cm³/mol. The van der Waals surface area contributed by atoms with Crippen molar-refractivity contribution in [1.82, 2.24) is 5.32 Å². The summed E-state index contributed by atoms with van der Waals surface area (Å²) in [5.41, 5.74) is 4.89. The van der Waals surface area contributed by atoms with Crippen LogP contribution in [0.2, 0.25) is 0 Å². The van der Waals surface area contributed by atoms with Crippen molar-refractivity contribution in [2.24, 2.45) is 10.7 Å². The molecule has 1 aromatic rings. The second-order valence-electron chi connectivity index (χ2n) is 5.17. The Bertz CT molecular complexity index is 507. The third-order valence-electron chi connectivity index (χ3n) is 2.84. The number of nitrogens with one attached hydrogen (secondary N) is 1. The molecule has 1 unspecified atom stereocenters. The lowest BCUT2D eigenvalue weighted by molar-refractivity contribution is -0.139. The molecule has 1 aromatic carbocycles. The molecule has 1 atom stereocenters. The van der Waals surface area contributed by atoms with E-state index in [0.29, 0.717) is 6.42 Å². The zero-order chi connectivity index (χ0) is 16.8. The van der Waals surface area contributed by atoms with Crippen molar-refractivity contribution in [1.29, 1.82) is 0 Å². The van der Waals surface area contributed by atoms with Gasteiger partial charge in [0.2, 0.25) is 0 Å². The first kappa shape index (κ1) is 21.8. The average Bonchev–Trinajstić information content (AvgIpc) is 2.42. The van der Waals surface area contributed by atoms with Crippen molar-refractivity contribution in [3.8, 4) is 5.75 Å². The summed E-state index contributed by atoms with van der Waals surface area (Å²) in [6.07, 6.45) is -4.41. The van der Waals surface area contributed by atoms with E-state index in [1.54, 1.807) is 0 Å². The fourth-order valence-corrected chi connectivity index (χ4v) is 1.77. The van der Waals surface area contributed by atoms with Crippen LogP contribution in [0, 0.1) is 0 Å². The number of nitrogens with two attached hydrogens (primary N) is 1. The van der Waals surface area contributed by atoms with Gasteiger partial charge >= 0.3 is 6.18 Å². The Morgan fingerprint density at radius 1 is 1.30 bits per heavy atom. The Balaban J connectivity index is 0.00000484. The topological polar surface area (TPSA) is 59.6 Å². The van der Waals surface area contributed by atoms with E-state index in [-0.39, 0.29) is 48.3 Å². The molecular formula is C15H23F3IN3O. The highest BCUT2D eigenvalue weighted by atomic mass is 127. The Hall–Kier alpha value is -1.19. The molecule has 0 aliphatic carbocycles. The van der Waals surface area contributed by atoms with E-state index in [2.05, 4.69) is 10.3 Å². The average molecular weight is 445 g/mol. The molecule has 0 fully saturated rings. The van der Waals surface area contributed by atoms with Crippen LogP contribution in [0.1, 0.15) is 32.8 Å². The van der Waals surface area contributed by atoms with Crippen molar-refractivity contribution >= 4 is 29.9 Å². The second kappa shape index (κ2) is 9.84. The van der Waals surface area contributed by atoms with Crippen LogP contribution in [0.4, 0.5) is 13.2 Å². The van der Waals surface area contributed by atoms with E-state index in [1.165, 1.54) is 18.2 Å². The number of hydrogen-bond donors (Lipinski definition) is 2. The van der Waals surface area contributed by atoms with Gasteiger partial charge in [-0.1, -0.05) is 19.1 Å². The summed E-state index contributed by atoms with van der Waals surface area (Å²) in [6, 6.07) is 5.29. The van der Waals surface area contributed by atoms with Crippen LogP contribution < -0.4 is 15.8 Å². The Morgan fingerprint density at radius 3 is 2.43 bits per heavy atom. The van der Waals surface area contributed by atoms with E-state index < -0.39 is 17.8 Å². The van der Waals surface area contributed by atoms with Crippen LogP contribution >= 0.6 is 24.0 Å². The molecule has 0 radical (unpaired) electrons. The van der Waals surface area contributed by atoms with Crippen LogP contribution in [0.15, 0.2) is 29.3 Å². The smallest absolute Gasteiger partial charge is 0.419 e. The van der Waals surface area contributed by atoms with Gasteiger partial charge in [0, 0.05) is 6.04 Å². The number of rotatable bonds is 6. The van der Waals surface area contributed by atoms with Crippen LogP contribution in [0.25, 0.3) is 0 Å². The zero-order valence-corrected chi connectivity index (χ0v) is 15.7. The van der Waals surface area contributed by atoms with E-state index in [1.807, 2.05) is 20.8 Å². The Labute approximate surface area is 151 Å². The van der Waals surface area contributed by atoms with Gasteiger partial charge in [-0.15, -0.1) is 24.0 Å². The zero-order valence-electron chi connectivity index (χ0n) is 13.4. The third-order valence-corrected chi connectivity index (χ3v) is 2.84. The Kier molecular flexibility index (Phi) is 9.33. The third kappa shape index (κ3) is 7.76. The number of ether oxygens (including phenoxy) is 1. The molecule has 0 heterocycles. The van der Waals surface area contributed by atoms with Gasteiger partial charge in [-0.25, -0.2) is 4.99 Å². The van der Waals surface area contributed by atoms with Crippen molar-refractivity contribution in [2.75, 3.05) is 6.54 Å². The lowest BCUT2D eigenvalue weighted by Gasteiger charge is -2.19. The van der Waals surface area contributed by atoms with Gasteiger partial charge < -0.3 is 15.8 Å². The summed E-state index contributed by atoms with van der Waals surface area (Å²) in [4.78, 5) is 4.10. The van der Waals surface area contributed by atoms with Gasteiger partial charge in [-0.05, 0) is 32.4 Å². The second-order valence-corrected chi connectivity index (χ2v) is 5.17. The van der Waals surface area contributed by atoms with Crippen molar-refractivity contribution in [3.63, 3.8) is 0 Å². The quantitative estimate of drug-likeness (QED) is 0.398. The molecule has 23 heavy (non-hydrogen) atoms. The van der Waals surface area contributed by atoms with Gasteiger partial charge in [0.15, 0.2) is 5.96 Å². The van der Waals surface area contributed by atoms with Crippen molar-refractivity contribution < 1.29 is 17.9 Å². The summed E-state index contributed by atoms with van der Waals surface area (Å²) in [6.45, 7) is 5.84. The van der Waals surface area contributed by atoms with E-state index in [9.17, 15) is 13.2 Å². The Morgan fingerprint density at radius 2 is 1.91 bits per heavy atom. The van der Waals surface area contributed by atoms with Crippen molar-refractivity contribution in [3.05, 3.63) is 29.8 Å². The van der Waals surface area contributed by atoms with E-state index in [0.717, 1.165) is 6.07 Å². The highest BCUT2D eigenvalue weighted by molar-refractivity contribution is 14.0. The van der Waals surface area contributed by atoms with Crippen LogP contribution in [0.5, 0.6) is 5.75 Å². The molecule has 4 nitrogen and oxygen atoms in total. The molecule has 0 spiro atoms. The first-order chi connectivity index (χ1) is 10.2. The van der Waals surface area contributed by atoms with Crippen LogP contribution in [-0.4, -0.2) is 24.7 Å². The maximum absolute atomic E-state index is 12.9. The number of guanidine groups is 1. The summed E-state index contributed by atoms with van der Waals surface area (Å²) in [7, 11) is 0. The summed E-state index contributed by atoms with van der Waals surface area (Å²) >= 11 is 0. The first-order valence-electron chi connectivity index (χ1n) is 7.13. The number of hydrogen-bond acceptors (Lipinski definition) is 2. The SMILES string of the molecule is CCC(CN=C(N)NC(C)C)Oc1ccccc1C(F)(F)F.I. The van der Waals surface area contributed by atoms with E-state index >= 15 is 0 Å². The molecule has 0 bridgehead atoms.